The minimum absolute atomic E-state index is 0.0253. The number of alkyl halides is 2. The average Bonchev–Trinajstić information content (AvgIpc) is 2.65. The van der Waals surface area contributed by atoms with Gasteiger partial charge in [-0.3, -0.25) is 9.40 Å². The quantitative estimate of drug-likeness (QED) is 0.899. The second kappa shape index (κ2) is 6.09. The van der Waals surface area contributed by atoms with Crippen molar-refractivity contribution in [2.45, 2.75) is 18.4 Å². The Kier molecular flexibility index (Phi) is 4.57. The molecule has 0 radical (unpaired) electrons. The number of halogens is 3. The van der Waals surface area contributed by atoms with Crippen LogP contribution in [-0.4, -0.2) is 24.8 Å². The Hall–Kier alpha value is -1.87. The van der Waals surface area contributed by atoms with Crippen LogP contribution in [0.1, 0.15) is 5.69 Å². The van der Waals surface area contributed by atoms with Gasteiger partial charge in [-0.05, 0) is 31.2 Å². The summed E-state index contributed by atoms with van der Waals surface area (Å²) in [5, 5.41) is 3.90. The van der Waals surface area contributed by atoms with Crippen molar-refractivity contribution in [3.05, 3.63) is 35.1 Å². The normalized spacial score (nSPS) is 11.7. The molecule has 1 aromatic carbocycles. The van der Waals surface area contributed by atoms with E-state index in [4.69, 9.17) is 11.6 Å². The number of rotatable bonds is 5. The number of hydrogen-bond donors (Lipinski definition) is 1. The Morgan fingerprint density at radius 2 is 1.91 bits per heavy atom. The first kappa shape index (κ1) is 16.5. The molecule has 1 aromatic heterocycles. The van der Waals surface area contributed by atoms with Crippen molar-refractivity contribution in [3.8, 4) is 5.75 Å². The highest BCUT2D eigenvalue weighted by atomic mass is 35.5. The molecule has 1 N–H and O–H groups in total. The zero-order valence-corrected chi connectivity index (χ0v) is 13.1. The number of sulfonamides is 1. The third-order valence-corrected chi connectivity index (χ3v) is 4.78. The Bertz CT molecular complexity index is 776. The van der Waals surface area contributed by atoms with Gasteiger partial charge in [-0.25, -0.2) is 8.42 Å². The fraction of sp³-hybridized carbons (Fsp3) is 0.250. The molecule has 0 bridgehead atoms. The predicted molar refractivity (Wildman–Crippen MR) is 76.8 cm³/mol. The maximum atomic E-state index is 12.3. The van der Waals surface area contributed by atoms with E-state index in [1.54, 1.807) is 0 Å². The van der Waals surface area contributed by atoms with Crippen LogP contribution >= 0.6 is 11.6 Å². The zero-order valence-electron chi connectivity index (χ0n) is 11.5. The molecular weight excluding hydrogens is 340 g/mol. The first-order valence-corrected chi connectivity index (χ1v) is 7.83. The van der Waals surface area contributed by atoms with Gasteiger partial charge in [0.25, 0.3) is 10.0 Å². The molecule has 22 heavy (non-hydrogen) atoms. The van der Waals surface area contributed by atoms with Crippen molar-refractivity contribution in [1.82, 2.24) is 9.78 Å². The summed E-state index contributed by atoms with van der Waals surface area (Å²) in [7, 11) is -2.43. The third kappa shape index (κ3) is 3.47. The van der Waals surface area contributed by atoms with Gasteiger partial charge in [0.2, 0.25) is 0 Å². The molecule has 0 amide bonds. The molecule has 0 aliphatic carbocycles. The van der Waals surface area contributed by atoms with Gasteiger partial charge >= 0.3 is 6.61 Å². The van der Waals surface area contributed by atoms with Crippen LogP contribution in [0.25, 0.3) is 0 Å². The van der Waals surface area contributed by atoms with Crippen molar-refractivity contribution in [2.24, 2.45) is 7.05 Å². The summed E-state index contributed by atoms with van der Waals surface area (Å²) >= 11 is 5.93. The maximum Gasteiger partial charge on any atom is 0.387 e. The van der Waals surface area contributed by atoms with Crippen LogP contribution in [0.4, 0.5) is 14.5 Å². The lowest BCUT2D eigenvalue weighted by atomic mass is 10.3. The van der Waals surface area contributed by atoms with E-state index in [-0.39, 0.29) is 27.2 Å². The summed E-state index contributed by atoms with van der Waals surface area (Å²) < 4.78 is 56.5. The van der Waals surface area contributed by atoms with E-state index in [0.29, 0.717) is 0 Å². The summed E-state index contributed by atoms with van der Waals surface area (Å²) in [6.07, 6.45) is 0. The summed E-state index contributed by atoms with van der Waals surface area (Å²) in [4.78, 5) is -0.135. The van der Waals surface area contributed by atoms with Crippen molar-refractivity contribution < 1.29 is 21.9 Å². The van der Waals surface area contributed by atoms with Crippen LogP contribution in [0.5, 0.6) is 5.75 Å². The number of ether oxygens (including phenoxy) is 1. The summed E-state index contributed by atoms with van der Waals surface area (Å²) in [6, 6.07) is 5.05. The number of benzene rings is 1. The molecular formula is C12H12ClF2N3O3S. The van der Waals surface area contributed by atoms with Gasteiger partial charge in [0.1, 0.15) is 15.8 Å². The molecule has 2 rings (SSSR count). The van der Waals surface area contributed by atoms with Crippen molar-refractivity contribution >= 4 is 27.3 Å². The fourth-order valence-electron chi connectivity index (χ4n) is 1.83. The minimum Gasteiger partial charge on any atom is -0.435 e. The number of aryl methyl sites for hydroxylation is 2. The lowest BCUT2D eigenvalue weighted by molar-refractivity contribution is -0.0498. The smallest absolute Gasteiger partial charge is 0.387 e. The number of nitrogens with zero attached hydrogens (tertiary/aromatic N) is 2. The molecule has 120 valence electrons. The van der Waals surface area contributed by atoms with Gasteiger partial charge in [-0.15, -0.1) is 0 Å². The van der Waals surface area contributed by atoms with E-state index in [0.717, 1.165) is 0 Å². The molecule has 2 aromatic rings. The summed E-state index contributed by atoms with van der Waals surface area (Å²) in [6.45, 7) is -1.43. The molecule has 1 heterocycles. The topological polar surface area (TPSA) is 73.2 Å². The van der Waals surface area contributed by atoms with Gasteiger partial charge in [-0.1, -0.05) is 11.6 Å². The molecule has 0 fully saturated rings. The van der Waals surface area contributed by atoms with Crippen molar-refractivity contribution in [1.29, 1.82) is 0 Å². The lowest BCUT2D eigenvalue weighted by Gasteiger charge is -2.09. The first-order chi connectivity index (χ1) is 10.2. The number of anilines is 1. The van der Waals surface area contributed by atoms with Crippen LogP contribution in [0.3, 0.4) is 0 Å². The van der Waals surface area contributed by atoms with E-state index in [9.17, 15) is 17.2 Å². The van der Waals surface area contributed by atoms with E-state index in [1.165, 1.54) is 42.9 Å². The first-order valence-electron chi connectivity index (χ1n) is 5.97. The third-order valence-electron chi connectivity index (χ3n) is 2.70. The molecule has 0 aliphatic heterocycles. The predicted octanol–water partition coefficient (Wildman–Crippen LogP) is 2.78. The highest BCUT2D eigenvalue weighted by molar-refractivity contribution is 7.92. The van der Waals surface area contributed by atoms with E-state index in [1.807, 2.05) is 0 Å². The van der Waals surface area contributed by atoms with Gasteiger partial charge in [0, 0.05) is 12.7 Å². The van der Waals surface area contributed by atoms with E-state index in [2.05, 4.69) is 14.6 Å². The second-order valence-electron chi connectivity index (χ2n) is 4.34. The van der Waals surface area contributed by atoms with Crippen LogP contribution in [0.2, 0.25) is 5.15 Å². The number of hydrogen-bond acceptors (Lipinski definition) is 4. The molecule has 0 spiro atoms. The lowest BCUT2D eigenvalue weighted by Crippen LogP contribution is -2.14. The van der Waals surface area contributed by atoms with Crippen LogP contribution in [-0.2, 0) is 17.1 Å². The molecule has 0 aliphatic rings. The highest BCUT2D eigenvalue weighted by Crippen LogP contribution is 2.27. The molecule has 0 saturated heterocycles. The number of aromatic nitrogens is 2. The van der Waals surface area contributed by atoms with Crippen molar-refractivity contribution in [3.63, 3.8) is 0 Å². The SMILES string of the molecule is Cc1nn(C)c(Cl)c1S(=O)(=O)Nc1ccc(OC(F)F)cc1. The summed E-state index contributed by atoms with van der Waals surface area (Å²) in [5.41, 5.74) is 0.429. The highest BCUT2D eigenvalue weighted by Gasteiger charge is 2.25. The maximum absolute atomic E-state index is 12.3. The van der Waals surface area contributed by atoms with Crippen molar-refractivity contribution in [2.75, 3.05) is 4.72 Å². The van der Waals surface area contributed by atoms with E-state index >= 15 is 0 Å². The second-order valence-corrected chi connectivity index (χ2v) is 6.31. The summed E-state index contributed by atoms with van der Waals surface area (Å²) in [5.74, 6) is -0.0754. The molecule has 10 heteroatoms. The van der Waals surface area contributed by atoms with Gasteiger partial charge in [0.15, 0.2) is 0 Å². The average molecular weight is 352 g/mol. The van der Waals surface area contributed by atoms with Gasteiger partial charge in [0.05, 0.1) is 5.69 Å². The minimum atomic E-state index is -3.94. The van der Waals surface area contributed by atoms with Gasteiger partial charge in [-0.2, -0.15) is 13.9 Å². The zero-order chi connectivity index (χ0) is 16.5. The van der Waals surface area contributed by atoms with Crippen LogP contribution in [0.15, 0.2) is 29.2 Å². The Balaban J connectivity index is 2.25. The number of nitrogens with one attached hydrogen (secondary N) is 1. The standard InChI is InChI=1S/C12H12ClF2N3O3S/c1-7-10(11(13)18(2)16-7)22(19,20)17-8-3-5-9(6-4-8)21-12(14)15/h3-6,12,17H,1-2H3. The molecule has 6 nitrogen and oxygen atoms in total. The largest absolute Gasteiger partial charge is 0.435 e. The molecule has 0 unspecified atom stereocenters. The Morgan fingerprint density at radius 1 is 1.32 bits per heavy atom. The molecule has 0 saturated carbocycles. The van der Waals surface area contributed by atoms with Gasteiger partial charge < -0.3 is 4.74 Å². The van der Waals surface area contributed by atoms with Crippen LogP contribution in [0, 0.1) is 6.92 Å². The Labute approximate surface area is 130 Å². The Morgan fingerprint density at radius 3 is 2.36 bits per heavy atom. The monoisotopic (exact) mass is 351 g/mol. The fourth-order valence-corrected chi connectivity index (χ4v) is 3.64. The van der Waals surface area contributed by atoms with E-state index < -0.39 is 16.6 Å². The molecule has 0 atom stereocenters. The van der Waals surface area contributed by atoms with Crippen LogP contribution < -0.4 is 9.46 Å².